The van der Waals surface area contributed by atoms with Crippen LogP contribution in [-0.4, -0.2) is 33.4 Å². The molecule has 34 heavy (non-hydrogen) atoms. The minimum Gasteiger partial charge on any atom is -0.497 e. The zero-order chi connectivity index (χ0) is 25.9. The van der Waals surface area contributed by atoms with Crippen molar-refractivity contribution in [2.75, 3.05) is 27.5 Å². The number of methoxy groups -OCH3 is 2. The van der Waals surface area contributed by atoms with Crippen LogP contribution in [0.4, 0.5) is 0 Å². The van der Waals surface area contributed by atoms with Gasteiger partial charge in [0.1, 0.15) is 17.2 Å². The van der Waals surface area contributed by atoms with Crippen molar-refractivity contribution in [3.63, 3.8) is 0 Å². The van der Waals surface area contributed by atoms with Crippen molar-refractivity contribution < 1.29 is 19.0 Å². The van der Waals surface area contributed by atoms with E-state index in [1.165, 1.54) is 5.56 Å². The number of benzene rings is 2. The Morgan fingerprint density at radius 2 is 1.71 bits per heavy atom. The molecule has 0 atom stereocenters. The van der Waals surface area contributed by atoms with E-state index in [1.807, 2.05) is 84.9 Å². The highest BCUT2D eigenvalue weighted by Crippen LogP contribution is 2.27. The van der Waals surface area contributed by atoms with Crippen LogP contribution in [0.3, 0.4) is 0 Å². The molecule has 190 valence electrons. The fourth-order valence-electron chi connectivity index (χ4n) is 3.17. The monoisotopic (exact) mass is 472 g/mol. The third-order valence-electron chi connectivity index (χ3n) is 4.64. The SMILES string of the molecule is CC.CC.CC.COc1cccc(CCCNC(=O)C2=C(c3ccc(OC)c(C)c3)OCN2)c1. The molecule has 1 aliphatic rings. The van der Waals surface area contributed by atoms with E-state index < -0.39 is 0 Å². The van der Waals surface area contributed by atoms with Crippen LogP contribution in [0.15, 0.2) is 48.2 Å². The van der Waals surface area contributed by atoms with Crippen LogP contribution in [0.25, 0.3) is 5.76 Å². The Hall–Kier alpha value is -3.15. The minimum atomic E-state index is -0.161. The zero-order valence-electron chi connectivity index (χ0n) is 22.5. The van der Waals surface area contributed by atoms with Crippen LogP contribution in [0, 0.1) is 6.92 Å². The molecular weight excluding hydrogens is 428 g/mol. The highest BCUT2D eigenvalue weighted by Gasteiger charge is 2.23. The van der Waals surface area contributed by atoms with Gasteiger partial charge in [-0.3, -0.25) is 4.79 Å². The van der Waals surface area contributed by atoms with Crippen molar-refractivity contribution in [2.24, 2.45) is 0 Å². The molecule has 0 saturated heterocycles. The lowest BCUT2D eigenvalue weighted by molar-refractivity contribution is -0.117. The van der Waals surface area contributed by atoms with E-state index in [0.29, 0.717) is 18.0 Å². The van der Waals surface area contributed by atoms with Gasteiger partial charge in [0, 0.05) is 12.1 Å². The van der Waals surface area contributed by atoms with Gasteiger partial charge < -0.3 is 24.8 Å². The number of rotatable bonds is 8. The Bertz CT molecular complexity index is 878. The largest absolute Gasteiger partial charge is 0.497 e. The summed E-state index contributed by atoms with van der Waals surface area (Å²) < 4.78 is 16.2. The molecule has 0 unspecified atom stereocenters. The molecule has 6 heteroatoms. The van der Waals surface area contributed by atoms with Crippen LogP contribution < -0.4 is 20.1 Å². The van der Waals surface area contributed by atoms with Gasteiger partial charge in [-0.25, -0.2) is 0 Å². The lowest BCUT2D eigenvalue weighted by Crippen LogP contribution is -2.31. The van der Waals surface area contributed by atoms with Crippen LogP contribution in [0.1, 0.15) is 64.7 Å². The number of hydrogen-bond acceptors (Lipinski definition) is 5. The third kappa shape index (κ3) is 9.38. The molecule has 1 heterocycles. The summed E-state index contributed by atoms with van der Waals surface area (Å²) in [5.74, 6) is 2.06. The second-order valence-electron chi connectivity index (χ2n) is 6.56. The molecule has 0 saturated carbocycles. The quantitative estimate of drug-likeness (QED) is 0.455. The van der Waals surface area contributed by atoms with E-state index in [4.69, 9.17) is 14.2 Å². The molecule has 2 N–H and O–H groups in total. The van der Waals surface area contributed by atoms with Crippen molar-refractivity contribution in [3.8, 4) is 11.5 Å². The smallest absolute Gasteiger partial charge is 0.271 e. The van der Waals surface area contributed by atoms with Crippen LogP contribution >= 0.6 is 0 Å². The van der Waals surface area contributed by atoms with Crippen molar-refractivity contribution >= 4 is 11.7 Å². The summed E-state index contributed by atoms with van der Waals surface area (Å²) in [7, 11) is 3.30. The summed E-state index contributed by atoms with van der Waals surface area (Å²) in [6.45, 7) is 14.8. The Balaban J connectivity index is 0.00000168. The molecule has 0 fully saturated rings. The van der Waals surface area contributed by atoms with E-state index in [-0.39, 0.29) is 12.6 Å². The van der Waals surface area contributed by atoms with Crippen LogP contribution in [0.5, 0.6) is 11.5 Å². The van der Waals surface area contributed by atoms with Gasteiger partial charge in [-0.2, -0.15) is 0 Å². The first kappa shape index (κ1) is 30.9. The number of aryl methyl sites for hydroxylation is 2. The molecule has 0 spiro atoms. The number of hydrogen-bond donors (Lipinski definition) is 2. The Morgan fingerprint density at radius 3 is 2.32 bits per heavy atom. The normalized spacial score (nSPS) is 11.2. The standard InChI is InChI=1S/C22H26N2O4.3C2H6/c1-15-12-17(9-10-19(15)27-3)21-20(24-14-28-21)22(25)23-11-5-7-16-6-4-8-18(13-16)26-2;3*1-2/h4,6,8-10,12-13,24H,5,7,11,14H2,1-3H3,(H,23,25);3*1-2H3. The fourth-order valence-corrected chi connectivity index (χ4v) is 3.17. The maximum Gasteiger partial charge on any atom is 0.271 e. The molecule has 0 aromatic heterocycles. The predicted molar refractivity (Wildman–Crippen MR) is 142 cm³/mol. The summed E-state index contributed by atoms with van der Waals surface area (Å²) in [6, 6.07) is 13.7. The van der Waals surface area contributed by atoms with Crippen molar-refractivity contribution in [3.05, 3.63) is 64.9 Å². The minimum absolute atomic E-state index is 0.161. The number of amides is 1. The summed E-state index contributed by atoms with van der Waals surface area (Å²) in [6.07, 6.45) is 1.70. The maximum atomic E-state index is 12.6. The predicted octanol–water partition coefficient (Wildman–Crippen LogP) is 6.09. The van der Waals surface area contributed by atoms with E-state index in [0.717, 1.165) is 35.5 Å². The van der Waals surface area contributed by atoms with Gasteiger partial charge in [0.05, 0.1) is 14.2 Å². The van der Waals surface area contributed by atoms with Gasteiger partial charge in [0.2, 0.25) is 0 Å². The number of ether oxygens (including phenoxy) is 3. The molecule has 0 bridgehead atoms. The number of carbonyl (C=O) groups is 1. The summed E-state index contributed by atoms with van der Waals surface area (Å²) in [4.78, 5) is 12.6. The van der Waals surface area contributed by atoms with Gasteiger partial charge in [-0.15, -0.1) is 0 Å². The molecule has 6 nitrogen and oxygen atoms in total. The fraction of sp³-hybridized carbons (Fsp3) is 0.464. The molecule has 0 aliphatic carbocycles. The van der Waals surface area contributed by atoms with Gasteiger partial charge in [0.25, 0.3) is 5.91 Å². The zero-order valence-corrected chi connectivity index (χ0v) is 22.5. The second kappa shape index (κ2) is 18.3. The first-order chi connectivity index (χ1) is 16.6. The van der Waals surface area contributed by atoms with E-state index >= 15 is 0 Å². The number of nitrogens with one attached hydrogen (secondary N) is 2. The van der Waals surface area contributed by atoms with Crippen molar-refractivity contribution in [1.82, 2.24) is 10.6 Å². The molecule has 1 amide bonds. The van der Waals surface area contributed by atoms with E-state index in [1.54, 1.807) is 14.2 Å². The summed E-state index contributed by atoms with van der Waals surface area (Å²) in [5, 5.41) is 5.99. The highest BCUT2D eigenvalue weighted by molar-refractivity contribution is 6.00. The molecule has 3 rings (SSSR count). The first-order valence-corrected chi connectivity index (χ1v) is 12.3. The van der Waals surface area contributed by atoms with Gasteiger partial charge in [-0.1, -0.05) is 53.7 Å². The van der Waals surface area contributed by atoms with Crippen LogP contribution in [0.2, 0.25) is 0 Å². The highest BCUT2D eigenvalue weighted by atomic mass is 16.5. The van der Waals surface area contributed by atoms with Gasteiger partial charge in [-0.05, 0) is 61.2 Å². The lowest BCUT2D eigenvalue weighted by atomic mass is 10.1. The Kier molecular flexibility index (Phi) is 16.6. The average Bonchev–Trinajstić information content (AvgIpc) is 3.40. The average molecular weight is 473 g/mol. The molecule has 0 radical (unpaired) electrons. The lowest BCUT2D eigenvalue weighted by Gasteiger charge is -2.10. The molecular formula is C28H44N2O4. The van der Waals surface area contributed by atoms with Crippen molar-refractivity contribution in [2.45, 2.75) is 61.3 Å². The van der Waals surface area contributed by atoms with Crippen LogP contribution in [-0.2, 0) is 16.0 Å². The van der Waals surface area contributed by atoms with E-state index in [2.05, 4.69) is 16.7 Å². The summed E-state index contributed by atoms with van der Waals surface area (Å²) in [5.41, 5.74) is 3.49. The Morgan fingerprint density at radius 1 is 1.00 bits per heavy atom. The Labute approximate surface area is 206 Å². The summed E-state index contributed by atoms with van der Waals surface area (Å²) >= 11 is 0. The molecule has 1 aliphatic heterocycles. The molecule has 2 aromatic carbocycles. The van der Waals surface area contributed by atoms with Crippen molar-refractivity contribution in [1.29, 1.82) is 0 Å². The number of carbonyl (C=O) groups excluding carboxylic acids is 1. The first-order valence-electron chi connectivity index (χ1n) is 12.3. The van der Waals surface area contributed by atoms with E-state index in [9.17, 15) is 4.79 Å². The maximum absolute atomic E-state index is 12.6. The van der Waals surface area contributed by atoms with Gasteiger partial charge >= 0.3 is 0 Å². The van der Waals surface area contributed by atoms with Gasteiger partial charge in [0.15, 0.2) is 12.5 Å². The topological polar surface area (TPSA) is 68.8 Å². The molecule has 2 aromatic rings. The second-order valence-corrected chi connectivity index (χ2v) is 6.56. The third-order valence-corrected chi connectivity index (χ3v) is 4.64.